The lowest BCUT2D eigenvalue weighted by molar-refractivity contribution is -0.0775. The highest BCUT2D eigenvalue weighted by molar-refractivity contribution is 5.25. The number of nitrogens with zero attached hydrogens (tertiary/aromatic N) is 3. The Labute approximate surface area is 113 Å². The molecule has 0 saturated carbocycles. The monoisotopic (exact) mass is 282 g/mol. The second kappa shape index (κ2) is 5.10. The van der Waals surface area contributed by atoms with Gasteiger partial charge in [-0.2, -0.15) is 4.98 Å². The fraction of sp³-hybridized carbons (Fsp3) is 0.455. The minimum atomic E-state index is -2.12. The van der Waals surface area contributed by atoms with Gasteiger partial charge in [-0.3, -0.25) is 4.57 Å². The van der Waals surface area contributed by atoms with Crippen molar-refractivity contribution >= 4 is 5.82 Å². The number of hydrogen-bond donors (Lipinski definition) is 5. The van der Waals surface area contributed by atoms with Crippen LogP contribution in [0.2, 0.25) is 0 Å². The summed E-state index contributed by atoms with van der Waals surface area (Å²) in [4.78, 5) is 3.73. The van der Waals surface area contributed by atoms with Crippen LogP contribution in [-0.2, 0) is 4.74 Å². The van der Waals surface area contributed by atoms with Crippen LogP contribution in [-0.4, -0.2) is 54.5 Å². The molecule has 0 aliphatic carbocycles. The van der Waals surface area contributed by atoms with Crippen LogP contribution >= 0.6 is 0 Å². The Bertz CT molecular complexity index is 610. The highest BCUT2D eigenvalue weighted by atomic mass is 16.6. The molecule has 2 heterocycles. The van der Waals surface area contributed by atoms with Crippen molar-refractivity contribution in [2.75, 3.05) is 12.3 Å². The van der Waals surface area contributed by atoms with Crippen molar-refractivity contribution in [3.05, 3.63) is 17.9 Å². The molecule has 1 saturated heterocycles. The summed E-state index contributed by atoms with van der Waals surface area (Å²) in [5.41, 5.74) is 3.07. The number of hydrogen-bond acceptors (Lipinski definition) is 8. The summed E-state index contributed by atoms with van der Waals surface area (Å²) in [6.45, 7) is -0.545. The lowest BCUT2D eigenvalue weighted by atomic mass is 9.95. The lowest BCUT2D eigenvalue weighted by Gasteiger charge is -2.26. The van der Waals surface area contributed by atoms with E-state index in [1.54, 1.807) is 0 Å². The Morgan fingerprint density at radius 1 is 1.65 bits per heavy atom. The minimum absolute atomic E-state index is 0.0792. The van der Waals surface area contributed by atoms with Crippen molar-refractivity contribution in [2.45, 2.75) is 24.0 Å². The number of terminal acetylenes is 1. The molecule has 1 aliphatic rings. The Balaban J connectivity index is 2.55. The summed E-state index contributed by atoms with van der Waals surface area (Å²) in [5.74, 6) is 2.11. The molecule has 9 nitrogen and oxygen atoms in total. The van der Waals surface area contributed by atoms with Crippen LogP contribution in [0.5, 0.6) is 0 Å². The van der Waals surface area contributed by atoms with E-state index in [1.807, 2.05) is 5.92 Å². The number of aliphatic hydroxyl groups is 3. The molecule has 1 fully saturated rings. The molecule has 0 radical (unpaired) electrons. The summed E-state index contributed by atoms with van der Waals surface area (Å²) in [6.07, 6.45) is 2.69. The molecule has 2 rings (SSSR count). The molecule has 0 unspecified atom stereocenters. The van der Waals surface area contributed by atoms with Crippen LogP contribution in [0.1, 0.15) is 6.23 Å². The quantitative estimate of drug-likeness (QED) is 0.226. The minimum Gasteiger partial charge on any atom is -0.408 e. The van der Waals surface area contributed by atoms with E-state index in [1.165, 1.54) is 12.3 Å². The van der Waals surface area contributed by atoms with Gasteiger partial charge in [0.25, 0.3) is 5.62 Å². The van der Waals surface area contributed by atoms with Crippen LogP contribution in [0, 0.1) is 12.3 Å². The summed E-state index contributed by atoms with van der Waals surface area (Å²) in [5, 5.41) is 41.2. The molecule has 0 bridgehead atoms. The topological polar surface area (TPSA) is 146 Å². The summed E-state index contributed by atoms with van der Waals surface area (Å²) in [7, 11) is 0. The van der Waals surface area contributed by atoms with Crippen LogP contribution in [0.15, 0.2) is 17.4 Å². The van der Waals surface area contributed by atoms with E-state index >= 15 is 0 Å². The Morgan fingerprint density at radius 3 is 2.90 bits per heavy atom. The molecule has 1 aliphatic heterocycles. The molecule has 4 atom stereocenters. The van der Waals surface area contributed by atoms with Crippen LogP contribution in [0.25, 0.3) is 0 Å². The predicted octanol–water partition coefficient (Wildman–Crippen LogP) is -2.63. The number of aliphatic hydroxyl groups excluding tert-OH is 2. The van der Waals surface area contributed by atoms with Gasteiger partial charge >= 0.3 is 0 Å². The van der Waals surface area contributed by atoms with E-state index < -0.39 is 30.6 Å². The third kappa shape index (κ3) is 2.00. The van der Waals surface area contributed by atoms with Gasteiger partial charge in [0.1, 0.15) is 18.0 Å². The largest absolute Gasteiger partial charge is 0.408 e. The smallest absolute Gasteiger partial charge is 0.270 e. The van der Waals surface area contributed by atoms with Gasteiger partial charge in [-0.1, -0.05) is 5.92 Å². The van der Waals surface area contributed by atoms with E-state index in [4.69, 9.17) is 27.2 Å². The molecular weight excluding hydrogens is 268 g/mol. The van der Waals surface area contributed by atoms with Gasteiger partial charge in [0.15, 0.2) is 11.8 Å². The summed E-state index contributed by atoms with van der Waals surface area (Å²) >= 11 is 0. The molecule has 0 spiro atoms. The fourth-order valence-electron chi connectivity index (χ4n) is 2.04. The predicted molar refractivity (Wildman–Crippen MR) is 64.8 cm³/mol. The van der Waals surface area contributed by atoms with Gasteiger partial charge in [0, 0.05) is 6.20 Å². The number of anilines is 1. The summed E-state index contributed by atoms with van der Waals surface area (Å²) in [6, 6.07) is 1.37. The maximum Gasteiger partial charge on any atom is 0.270 e. The Kier molecular flexibility index (Phi) is 3.65. The second-order valence-corrected chi connectivity index (χ2v) is 4.28. The Morgan fingerprint density at radius 2 is 2.35 bits per heavy atom. The standard InChI is InChI=1S/C11H14N4O5/c1-2-11(18)8(17)6(5-16)20-9(11)15-4-3-7(12)13-10(15)14-19/h1,3-4,6,8-9,16-19H,5H2,(H2,12,13,14)/t6-,8-,9-,11-/m1/s1. The molecule has 0 amide bonds. The molecule has 0 aromatic carbocycles. The first-order valence-corrected chi connectivity index (χ1v) is 5.65. The lowest BCUT2D eigenvalue weighted by Crippen LogP contribution is -2.47. The number of ether oxygens (including phenoxy) is 1. The average molecular weight is 282 g/mol. The zero-order valence-electron chi connectivity index (χ0n) is 10.3. The van der Waals surface area contributed by atoms with E-state index in [0.717, 1.165) is 4.57 Å². The molecule has 1 aromatic heterocycles. The van der Waals surface area contributed by atoms with Crippen molar-refractivity contribution in [3.8, 4) is 12.3 Å². The van der Waals surface area contributed by atoms with Gasteiger partial charge in [0.2, 0.25) is 0 Å². The highest BCUT2D eigenvalue weighted by Gasteiger charge is 2.55. The zero-order valence-corrected chi connectivity index (χ0v) is 10.3. The van der Waals surface area contributed by atoms with Crippen LogP contribution in [0.3, 0.4) is 0 Å². The number of nitrogen functional groups attached to an aromatic ring is 1. The van der Waals surface area contributed by atoms with Gasteiger partial charge in [-0.15, -0.1) is 6.42 Å². The van der Waals surface area contributed by atoms with Crippen molar-refractivity contribution in [1.29, 1.82) is 0 Å². The normalized spacial score (nSPS) is 34.1. The molecule has 108 valence electrons. The van der Waals surface area contributed by atoms with E-state index in [-0.39, 0.29) is 11.4 Å². The maximum atomic E-state index is 10.3. The third-order valence-corrected chi connectivity index (χ3v) is 3.10. The van der Waals surface area contributed by atoms with Crippen LogP contribution < -0.4 is 11.4 Å². The van der Waals surface area contributed by atoms with Gasteiger partial charge in [-0.05, 0) is 11.2 Å². The molecule has 1 aromatic rings. The first kappa shape index (κ1) is 14.3. The van der Waals surface area contributed by atoms with Crippen molar-refractivity contribution in [3.63, 3.8) is 0 Å². The van der Waals surface area contributed by atoms with Crippen molar-refractivity contribution in [2.24, 2.45) is 5.16 Å². The third-order valence-electron chi connectivity index (χ3n) is 3.10. The molecule has 20 heavy (non-hydrogen) atoms. The maximum absolute atomic E-state index is 10.3. The van der Waals surface area contributed by atoms with Crippen molar-refractivity contribution in [1.82, 2.24) is 9.55 Å². The zero-order chi connectivity index (χ0) is 14.9. The first-order valence-electron chi connectivity index (χ1n) is 5.65. The molecular formula is C11H14N4O5. The first-order chi connectivity index (χ1) is 9.47. The number of aromatic nitrogens is 2. The second-order valence-electron chi connectivity index (χ2n) is 4.28. The molecule has 9 heteroatoms. The average Bonchev–Trinajstić information content (AvgIpc) is 2.72. The highest BCUT2D eigenvalue weighted by Crippen LogP contribution is 2.37. The van der Waals surface area contributed by atoms with Crippen molar-refractivity contribution < 1.29 is 25.3 Å². The van der Waals surface area contributed by atoms with Gasteiger partial charge in [0.05, 0.1) is 6.61 Å². The SMILES string of the molecule is C#C[C@@]1(O)[C@H](O)[C@@H](CO)O[C@H]1n1ccc(N)n/c1=N\O. The number of rotatable bonds is 2. The number of nitrogens with two attached hydrogens (primary N) is 1. The van der Waals surface area contributed by atoms with Crippen LogP contribution in [0.4, 0.5) is 5.82 Å². The van der Waals surface area contributed by atoms with Gasteiger partial charge in [-0.25, -0.2) is 0 Å². The van der Waals surface area contributed by atoms with Gasteiger partial charge < -0.3 is 31.0 Å². The van der Waals surface area contributed by atoms with E-state index in [2.05, 4.69) is 10.1 Å². The Hall–Kier alpha value is -2.12. The summed E-state index contributed by atoms with van der Waals surface area (Å²) < 4.78 is 6.42. The molecule has 6 N–H and O–H groups in total. The van der Waals surface area contributed by atoms with E-state index in [9.17, 15) is 10.2 Å². The fourth-order valence-corrected chi connectivity index (χ4v) is 2.04. The van der Waals surface area contributed by atoms with E-state index in [0.29, 0.717) is 0 Å².